The van der Waals surface area contributed by atoms with Gasteiger partial charge in [0.1, 0.15) is 17.1 Å². The number of carboxylic acids is 1. The maximum absolute atomic E-state index is 12.5. The summed E-state index contributed by atoms with van der Waals surface area (Å²) in [6.45, 7) is 1.29. The molecule has 1 aromatic heterocycles. The van der Waals surface area contributed by atoms with Crippen LogP contribution in [0.25, 0.3) is 6.08 Å². The maximum atomic E-state index is 12.5. The number of rotatable bonds is 7. The minimum atomic E-state index is -1.08. The van der Waals surface area contributed by atoms with Crippen molar-refractivity contribution >= 4 is 17.8 Å². The Bertz CT molecular complexity index is 926. The van der Waals surface area contributed by atoms with Gasteiger partial charge in [-0.25, -0.2) is 4.79 Å². The van der Waals surface area contributed by atoms with Crippen LogP contribution in [0.5, 0.6) is 11.5 Å². The molecule has 0 fully saturated rings. The topological polar surface area (TPSA) is 94.8 Å². The van der Waals surface area contributed by atoms with E-state index in [-0.39, 0.29) is 11.3 Å². The van der Waals surface area contributed by atoms with Gasteiger partial charge < -0.3 is 19.1 Å². The molecule has 1 aromatic carbocycles. The average Bonchev–Trinajstić information content (AvgIpc) is 2.62. The van der Waals surface area contributed by atoms with Crippen molar-refractivity contribution in [1.29, 1.82) is 0 Å². The summed E-state index contributed by atoms with van der Waals surface area (Å²) in [6, 6.07) is 8.23. The molecule has 1 N–H and O–H groups in total. The first kappa shape index (κ1) is 19.0. The lowest BCUT2D eigenvalue weighted by molar-refractivity contribution is -0.139. The quantitative estimate of drug-likeness (QED) is 0.602. The van der Waals surface area contributed by atoms with Gasteiger partial charge in [-0.1, -0.05) is 18.2 Å². The Balaban J connectivity index is 2.28. The van der Waals surface area contributed by atoms with Gasteiger partial charge in [0.15, 0.2) is 12.4 Å². The van der Waals surface area contributed by atoms with Crippen molar-refractivity contribution in [2.75, 3.05) is 13.7 Å². The fourth-order valence-electron chi connectivity index (χ4n) is 2.29. The van der Waals surface area contributed by atoms with Crippen LogP contribution in [0.4, 0.5) is 0 Å². The van der Waals surface area contributed by atoms with Gasteiger partial charge in [-0.2, -0.15) is 0 Å². The van der Waals surface area contributed by atoms with Gasteiger partial charge in [0.05, 0.1) is 7.11 Å². The Morgan fingerprint density at radius 1 is 1.27 bits per heavy atom. The SMILES string of the molecule is COc1cc(C)n(C)c(=O)c1C(=O)/C=C/c1cccc(OCC(=O)O)c1. The second-order valence-corrected chi connectivity index (χ2v) is 5.55. The minimum Gasteiger partial charge on any atom is -0.496 e. The Hall–Kier alpha value is -3.35. The number of benzene rings is 1. The Morgan fingerprint density at radius 2 is 2.00 bits per heavy atom. The summed E-state index contributed by atoms with van der Waals surface area (Å²) in [5, 5.41) is 8.64. The van der Waals surface area contributed by atoms with E-state index in [0.29, 0.717) is 17.0 Å². The molecule has 136 valence electrons. The Kier molecular flexibility index (Phi) is 5.95. The monoisotopic (exact) mass is 357 g/mol. The third-order valence-electron chi connectivity index (χ3n) is 3.75. The van der Waals surface area contributed by atoms with Crippen LogP contribution in [0.3, 0.4) is 0 Å². The van der Waals surface area contributed by atoms with E-state index >= 15 is 0 Å². The zero-order valence-corrected chi connectivity index (χ0v) is 14.7. The summed E-state index contributed by atoms with van der Waals surface area (Å²) in [6.07, 6.45) is 2.79. The van der Waals surface area contributed by atoms with Crippen molar-refractivity contribution in [2.45, 2.75) is 6.92 Å². The highest BCUT2D eigenvalue weighted by Gasteiger charge is 2.17. The summed E-state index contributed by atoms with van der Waals surface area (Å²) in [7, 11) is 2.98. The number of aryl methyl sites for hydroxylation is 1. The average molecular weight is 357 g/mol. The van der Waals surface area contributed by atoms with Gasteiger partial charge in [0.25, 0.3) is 5.56 Å². The van der Waals surface area contributed by atoms with Crippen LogP contribution >= 0.6 is 0 Å². The van der Waals surface area contributed by atoms with Gasteiger partial charge in [-0.05, 0) is 30.7 Å². The van der Waals surface area contributed by atoms with E-state index in [9.17, 15) is 14.4 Å². The van der Waals surface area contributed by atoms with Gasteiger partial charge in [0.2, 0.25) is 0 Å². The van der Waals surface area contributed by atoms with Crippen LogP contribution < -0.4 is 15.0 Å². The lowest BCUT2D eigenvalue weighted by Crippen LogP contribution is -2.26. The normalized spacial score (nSPS) is 10.7. The van der Waals surface area contributed by atoms with Crippen molar-refractivity contribution in [3.05, 3.63) is 63.6 Å². The van der Waals surface area contributed by atoms with Crippen molar-refractivity contribution < 1.29 is 24.2 Å². The number of carbonyl (C=O) groups excluding carboxylic acids is 1. The zero-order valence-electron chi connectivity index (χ0n) is 14.7. The van der Waals surface area contributed by atoms with Crippen LogP contribution in [-0.2, 0) is 11.8 Å². The molecule has 0 aliphatic heterocycles. The highest BCUT2D eigenvalue weighted by atomic mass is 16.5. The van der Waals surface area contributed by atoms with E-state index in [0.717, 1.165) is 0 Å². The molecule has 0 unspecified atom stereocenters. The van der Waals surface area contributed by atoms with E-state index in [1.165, 1.54) is 23.8 Å². The largest absolute Gasteiger partial charge is 0.496 e. The molecule has 2 aromatic rings. The van der Waals surface area contributed by atoms with Crippen LogP contribution in [0.15, 0.2) is 41.2 Å². The predicted octanol–water partition coefficient (Wildman–Crippen LogP) is 2.06. The number of aromatic nitrogens is 1. The number of carboxylic acid groups (broad SMARTS) is 1. The third-order valence-corrected chi connectivity index (χ3v) is 3.75. The summed E-state index contributed by atoms with van der Waals surface area (Å²) < 4.78 is 11.6. The molecule has 1 heterocycles. The number of nitrogens with zero attached hydrogens (tertiary/aromatic N) is 1. The number of methoxy groups -OCH3 is 1. The molecule has 0 bridgehead atoms. The summed E-state index contributed by atoms with van der Waals surface area (Å²) in [5.41, 5.74) is 0.824. The highest BCUT2D eigenvalue weighted by Crippen LogP contribution is 2.18. The number of ketones is 1. The van der Waals surface area contributed by atoms with Crippen molar-refractivity contribution in [1.82, 2.24) is 4.57 Å². The van der Waals surface area contributed by atoms with Crippen LogP contribution in [0.2, 0.25) is 0 Å². The van der Waals surface area contributed by atoms with Crippen molar-refractivity contribution in [3.63, 3.8) is 0 Å². The fourth-order valence-corrected chi connectivity index (χ4v) is 2.29. The molecule has 2 rings (SSSR count). The van der Waals surface area contributed by atoms with Crippen molar-refractivity contribution in [2.24, 2.45) is 7.05 Å². The van der Waals surface area contributed by atoms with E-state index in [1.54, 1.807) is 44.3 Å². The molecule has 0 aliphatic carbocycles. The van der Waals surface area contributed by atoms with E-state index in [4.69, 9.17) is 14.6 Å². The number of pyridine rings is 1. The number of ether oxygens (including phenoxy) is 2. The standard InChI is InChI=1S/C19H19NO6/c1-12-9-16(25-3)18(19(24)20(12)2)15(21)8-7-13-5-4-6-14(10-13)26-11-17(22)23/h4-10H,11H2,1-3H3,(H,22,23)/b8-7+. The molecular weight excluding hydrogens is 338 g/mol. The third kappa shape index (κ3) is 4.38. The summed E-state index contributed by atoms with van der Waals surface area (Å²) in [4.78, 5) is 35.4. The van der Waals surface area contributed by atoms with Gasteiger partial charge in [-0.15, -0.1) is 0 Å². The second-order valence-electron chi connectivity index (χ2n) is 5.55. The number of allylic oxidation sites excluding steroid dienone is 1. The zero-order chi connectivity index (χ0) is 19.3. The molecule has 7 heteroatoms. The van der Waals surface area contributed by atoms with E-state index < -0.39 is 23.9 Å². The molecule has 7 nitrogen and oxygen atoms in total. The van der Waals surface area contributed by atoms with E-state index in [1.807, 2.05) is 0 Å². The van der Waals surface area contributed by atoms with Gasteiger partial charge in [-0.3, -0.25) is 9.59 Å². The van der Waals surface area contributed by atoms with Crippen LogP contribution in [-0.4, -0.2) is 35.1 Å². The first-order chi connectivity index (χ1) is 12.3. The maximum Gasteiger partial charge on any atom is 0.341 e. The van der Waals surface area contributed by atoms with Gasteiger partial charge in [0, 0.05) is 18.8 Å². The number of hydrogen-bond donors (Lipinski definition) is 1. The lowest BCUT2D eigenvalue weighted by Gasteiger charge is -2.10. The second kappa shape index (κ2) is 8.15. The summed E-state index contributed by atoms with van der Waals surface area (Å²) in [5.74, 6) is -0.979. The Morgan fingerprint density at radius 3 is 2.65 bits per heavy atom. The number of hydrogen-bond acceptors (Lipinski definition) is 5. The number of aliphatic carboxylic acids is 1. The molecule has 0 aliphatic rings. The minimum absolute atomic E-state index is 0.0462. The van der Waals surface area contributed by atoms with E-state index in [2.05, 4.69) is 0 Å². The molecule has 26 heavy (non-hydrogen) atoms. The molecule has 0 amide bonds. The smallest absolute Gasteiger partial charge is 0.341 e. The van der Waals surface area contributed by atoms with Crippen molar-refractivity contribution in [3.8, 4) is 11.5 Å². The predicted molar refractivity (Wildman–Crippen MR) is 95.9 cm³/mol. The first-order valence-corrected chi connectivity index (χ1v) is 7.75. The highest BCUT2D eigenvalue weighted by molar-refractivity contribution is 6.08. The van der Waals surface area contributed by atoms with Crippen LogP contribution in [0, 0.1) is 6.92 Å². The number of carbonyl (C=O) groups is 2. The molecular formula is C19H19NO6. The lowest BCUT2D eigenvalue weighted by atomic mass is 10.1. The molecule has 0 atom stereocenters. The molecule has 0 spiro atoms. The molecule has 0 radical (unpaired) electrons. The summed E-state index contributed by atoms with van der Waals surface area (Å²) >= 11 is 0. The molecule has 0 saturated heterocycles. The Labute approximate surface area is 150 Å². The fraction of sp³-hybridized carbons (Fsp3) is 0.211. The molecule has 0 saturated carbocycles. The van der Waals surface area contributed by atoms with Crippen LogP contribution in [0.1, 0.15) is 21.6 Å². The van der Waals surface area contributed by atoms with Gasteiger partial charge >= 0.3 is 5.97 Å². The first-order valence-electron chi connectivity index (χ1n) is 7.75.